The first-order chi connectivity index (χ1) is 13.4. The lowest BCUT2D eigenvalue weighted by atomic mass is 10.1. The Morgan fingerprint density at radius 1 is 1.04 bits per heavy atom. The average molecular weight is 386 g/mol. The van der Waals surface area contributed by atoms with Gasteiger partial charge in [0.15, 0.2) is 0 Å². The van der Waals surface area contributed by atoms with E-state index in [1.807, 2.05) is 0 Å². The molecule has 0 aliphatic carbocycles. The second-order valence-electron chi connectivity index (χ2n) is 6.29. The molecule has 1 heterocycles. The number of hydrazine groups is 1. The fourth-order valence-corrected chi connectivity index (χ4v) is 2.83. The smallest absolute Gasteiger partial charge is 0.358 e. The average Bonchev–Trinajstić information content (AvgIpc) is 3.06. The van der Waals surface area contributed by atoms with Crippen LogP contribution in [0.25, 0.3) is 0 Å². The van der Waals surface area contributed by atoms with E-state index in [-0.39, 0.29) is 25.4 Å². The second-order valence-corrected chi connectivity index (χ2v) is 6.29. The zero-order valence-electron chi connectivity index (χ0n) is 15.2. The number of carbonyl (C=O) groups is 3. The summed E-state index contributed by atoms with van der Waals surface area (Å²) in [4.78, 5) is 41.7. The van der Waals surface area contributed by atoms with Crippen molar-refractivity contribution in [1.82, 2.24) is 10.2 Å². The molecule has 1 unspecified atom stereocenters. The summed E-state index contributed by atoms with van der Waals surface area (Å²) in [7, 11) is 0. The summed E-state index contributed by atoms with van der Waals surface area (Å²) in [6, 6.07) is 13.9. The fourth-order valence-electron chi connectivity index (χ4n) is 2.83. The van der Waals surface area contributed by atoms with Crippen molar-refractivity contribution in [3.63, 3.8) is 0 Å². The Kier molecular flexibility index (Phi) is 6.00. The number of rotatable bonds is 5. The minimum Gasteiger partial charge on any atom is -0.459 e. The maximum Gasteiger partial charge on any atom is 0.358 e. The van der Waals surface area contributed by atoms with Crippen molar-refractivity contribution >= 4 is 17.8 Å². The lowest BCUT2D eigenvalue weighted by molar-refractivity contribution is -0.218. The molecule has 3 rings (SSSR count). The van der Waals surface area contributed by atoms with Gasteiger partial charge in [-0.3, -0.25) is 9.59 Å². The first-order valence-electron chi connectivity index (χ1n) is 8.69. The lowest BCUT2D eigenvalue weighted by Crippen LogP contribution is -2.43. The summed E-state index contributed by atoms with van der Waals surface area (Å²) in [5, 5.41) is 2.33. The Hall–Kier alpha value is -3.26. The van der Waals surface area contributed by atoms with Crippen molar-refractivity contribution < 1.29 is 28.3 Å². The largest absolute Gasteiger partial charge is 0.459 e. The van der Waals surface area contributed by atoms with Gasteiger partial charge in [-0.2, -0.15) is 0 Å². The summed E-state index contributed by atoms with van der Waals surface area (Å²) < 4.78 is 18.2. The SMILES string of the molecule is CC(=O)OC1CN(OC(=O)c2ccccc2)N(C(=O)Cc2ccc(F)cc2)C1. The summed E-state index contributed by atoms with van der Waals surface area (Å²) >= 11 is 0. The Balaban J connectivity index is 1.72. The first-order valence-corrected chi connectivity index (χ1v) is 8.69. The topological polar surface area (TPSA) is 76.2 Å². The molecule has 1 amide bonds. The fraction of sp³-hybridized carbons (Fsp3) is 0.250. The molecule has 0 N–H and O–H groups in total. The van der Waals surface area contributed by atoms with E-state index in [1.54, 1.807) is 30.3 Å². The van der Waals surface area contributed by atoms with Crippen LogP contribution in [-0.4, -0.2) is 47.2 Å². The van der Waals surface area contributed by atoms with E-state index < -0.39 is 23.9 Å². The van der Waals surface area contributed by atoms with Crippen LogP contribution >= 0.6 is 0 Å². The molecular formula is C20H19FN2O5. The highest BCUT2D eigenvalue weighted by atomic mass is 19.1. The minimum absolute atomic E-state index is 0.0214. The first kappa shape index (κ1) is 19.5. The molecule has 2 aromatic rings. The molecule has 2 aromatic carbocycles. The lowest BCUT2D eigenvalue weighted by Gasteiger charge is -2.25. The molecule has 1 atom stereocenters. The number of carbonyl (C=O) groups excluding carboxylic acids is 3. The molecule has 146 valence electrons. The molecule has 0 bridgehead atoms. The number of esters is 1. The van der Waals surface area contributed by atoms with Crippen LogP contribution < -0.4 is 0 Å². The van der Waals surface area contributed by atoms with Crippen molar-refractivity contribution in [3.05, 3.63) is 71.5 Å². The molecule has 0 spiro atoms. The van der Waals surface area contributed by atoms with E-state index in [0.29, 0.717) is 11.1 Å². The summed E-state index contributed by atoms with van der Waals surface area (Å²) in [6.45, 7) is 1.36. The van der Waals surface area contributed by atoms with Crippen LogP contribution in [0.5, 0.6) is 0 Å². The molecular weight excluding hydrogens is 367 g/mol. The number of hydroxylamine groups is 1. The van der Waals surface area contributed by atoms with Gasteiger partial charge >= 0.3 is 11.9 Å². The molecule has 0 saturated carbocycles. The van der Waals surface area contributed by atoms with Gasteiger partial charge < -0.3 is 9.57 Å². The van der Waals surface area contributed by atoms with Gasteiger partial charge in [-0.05, 0) is 35.0 Å². The van der Waals surface area contributed by atoms with E-state index in [4.69, 9.17) is 9.57 Å². The van der Waals surface area contributed by atoms with E-state index >= 15 is 0 Å². The Bertz CT molecular complexity index is 857. The molecule has 28 heavy (non-hydrogen) atoms. The molecule has 7 nitrogen and oxygen atoms in total. The predicted molar refractivity (Wildman–Crippen MR) is 95.9 cm³/mol. The van der Waals surface area contributed by atoms with Crippen LogP contribution in [-0.2, 0) is 25.6 Å². The summed E-state index contributed by atoms with van der Waals surface area (Å²) in [5.74, 6) is -1.90. The molecule has 0 radical (unpaired) electrons. The van der Waals surface area contributed by atoms with Gasteiger partial charge in [-0.15, -0.1) is 0 Å². The minimum atomic E-state index is -0.636. The van der Waals surface area contributed by atoms with Crippen molar-refractivity contribution in [3.8, 4) is 0 Å². The van der Waals surface area contributed by atoms with Gasteiger partial charge in [0.25, 0.3) is 0 Å². The molecule has 1 saturated heterocycles. The van der Waals surface area contributed by atoms with E-state index in [0.717, 1.165) is 5.17 Å². The van der Waals surface area contributed by atoms with Crippen molar-refractivity contribution in [1.29, 1.82) is 0 Å². The number of amides is 1. The number of hydrogen-bond donors (Lipinski definition) is 0. The van der Waals surface area contributed by atoms with E-state index in [1.165, 1.54) is 36.2 Å². The van der Waals surface area contributed by atoms with E-state index in [9.17, 15) is 18.8 Å². The second kappa shape index (κ2) is 8.62. The standard InChI is InChI=1S/C20H19FN2O5/c1-14(24)27-18-12-22(19(25)11-15-7-9-17(21)10-8-15)23(13-18)28-20(26)16-5-3-2-4-6-16/h2-10,18H,11-13H2,1H3. The maximum atomic E-state index is 13.1. The normalized spacial score (nSPS) is 16.6. The number of hydrogen-bond acceptors (Lipinski definition) is 6. The van der Waals surface area contributed by atoms with Crippen molar-refractivity contribution in [2.75, 3.05) is 13.1 Å². The maximum absolute atomic E-state index is 13.1. The Morgan fingerprint density at radius 3 is 2.36 bits per heavy atom. The third-order valence-corrected chi connectivity index (χ3v) is 4.09. The van der Waals surface area contributed by atoms with Gasteiger partial charge in [0.05, 0.1) is 25.1 Å². The quantitative estimate of drug-likeness (QED) is 0.733. The van der Waals surface area contributed by atoms with Gasteiger partial charge in [-0.25, -0.2) is 14.2 Å². The molecule has 1 aliphatic rings. The highest BCUT2D eigenvalue weighted by Gasteiger charge is 2.38. The Labute approximate surface area is 161 Å². The van der Waals surface area contributed by atoms with Gasteiger partial charge in [-0.1, -0.05) is 30.3 Å². The van der Waals surface area contributed by atoms with Gasteiger partial charge in [0.1, 0.15) is 11.9 Å². The molecule has 1 fully saturated rings. The molecule has 8 heteroatoms. The zero-order chi connectivity index (χ0) is 20.1. The number of ether oxygens (including phenoxy) is 1. The number of benzene rings is 2. The van der Waals surface area contributed by atoms with Crippen LogP contribution in [0.2, 0.25) is 0 Å². The zero-order valence-corrected chi connectivity index (χ0v) is 15.2. The van der Waals surface area contributed by atoms with Crippen molar-refractivity contribution in [2.45, 2.75) is 19.4 Å². The van der Waals surface area contributed by atoms with Crippen molar-refractivity contribution in [2.24, 2.45) is 0 Å². The highest BCUT2D eigenvalue weighted by Crippen LogP contribution is 2.18. The highest BCUT2D eigenvalue weighted by molar-refractivity contribution is 5.89. The third kappa shape index (κ3) is 4.92. The van der Waals surface area contributed by atoms with Crippen LogP contribution in [0.4, 0.5) is 4.39 Å². The predicted octanol–water partition coefficient (Wildman–Crippen LogP) is 2.13. The van der Waals surface area contributed by atoms with Crippen LogP contribution in [0, 0.1) is 5.82 Å². The van der Waals surface area contributed by atoms with Crippen LogP contribution in [0.15, 0.2) is 54.6 Å². The number of halogens is 1. The van der Waals surface area contributed by atoms with E-state index in [2.05, 4.69) is 0 Å². The monoisotopic (exact) mass is 386 g/mol. The molecule has 0 aromatic heterocycles. The number of nitrogens with zero attached hydrogens (tertiary/aromatic N) is 2. The summed E-state index contributed by atoms with van der Waals surface area (Å²) in [6.07, 6.45) is -0.648. The molecule has 1 aliphatic heterocycles. The van der Waals surface area contributed by atoms with Crippen LogP contribution in [0.3, 0.4) is 0 Å². The van der Waals surface area contributed by atoms with Crippen LogP contribution in [0.1, 0.15) is 22.8 Å². The Morgan fingerprint density at radius 2 is 1.71 bits per heavy atom. The summed E-state index contributed by atoms with van der Waals surface area (Å²) in [5.41, 5.74) is 0.932. The van der Waals surface area contributed by atoms with Gasteiger partial charge in [0.2, 0.25) is 5.91 Å². The van der Waals surface area contributed by atoms with Gasteiger partial charge in [0, 0.05) is 6.92 Å². The third-order valence-electron chi connectivity index (χ3n) is 4.09.